The Labute approximate surface area is 164 Å². The lowest BCUT2D eigenvalue weighted by Gasteiger charge is -2.13. The summed E-state index contributed by atoms with van der Waals surface area (Å²) in [6.07, 6.45) is 1.96. The zero-order chi connectivity index (χ0) is 19.9. The Balaban J connectivity index is 1.63. The smallest absolute Gasteiger partial charge is 0.229 e. The maximum Gasteiger partial charge on any atom is 0.229 e. The van der Waals surface area contributed by atoms with Crippen LogP contribution in [0.2, 0.25) is 0 Å². The SMILES string of the molecule is COc1ccc(OC)c(Nc2ccc(NC(=O)Cc3ccc(C)cc3)nc2)c1. The average Bonchev–Trinajstić information content (AvgIpc) is 2.71. The van der Waals surface area contributed by atoms with E-state index in [-0.39, 0.29) is 5.91 Å². The van der Waals surface area contributed by atoms with Crippen LogP contribution in [-0.4, -0.2) is 25.1 Å². The van der Waals surface area contributed by atoms with Crippen molar-refractivity contribution < 1.29 is 14.3 Å². The number of benzene rings is 2. The number of aromatic nitrogens is 1. The van der Waals surface area contributed by atoms with Crippen molar-refractivity contribution in [3.63, 3.8) is 0 Å². The first-order valence-corrected chi connectivity index (χ1v) is 8.88. The fraction of sp³-hybridized carbons (Fsp3) is 0.182. The summed E-state index contributed by atoms with van der Waals surface area (Å²) in [4.78, 5) is 16.5. The first kappa shape index (κ1) is 19.2. The van der Waals surface area contributed by atoms with Gasteiger partial charge in [-0.25, -0.2) is 4.98 Å². The van der Waals surface area contributed by atoms with Crippen LogP contribution in [-0.2, 0) is 11.2 Å². The fourth-order valence-electron chi connectivity index (χ4n) is 2.69. The van der Waals surface area contributed by atoms with E-state index < -0.39 is 0 Å². The molecular formula is C22H23N3O3. The number of methoxy groups -OCH3 is 2. The Bertz CT molecular complexity index is 938. The maximum atomic E-state index is 12.2. The van der Waals surface area contributed by atoms with Crippen LogP contribution < -0.4 is 20.1 Å². The predicted molar refractivity (Wildman–Crippen MR) is 111 cm³/mol. The van der Waals surface area contributed by atoms with E-state index in [1.165, 1.54) is 5.56 Å². The van der Waals surface area contributed by atoms with E-state index in [2.05, 4.69) is 15.6 Å². The molecule has 6 nitrogen and oxygen atoms in total. The second-order valence-electron chi connectivity index (χ2n) is 6.33. The van der Waals surface area contributed by atoms with Gasteiger partial charge in [0.2, 0.25) is 5.91 Å². The van der Waals surface area contributed by atoms with Crippen LogP contribution >= 0.6 is 0 Å². The van der Waals surface area contributed by atoms with E-state index >= 15 is 0 Å². The molecule has 3 aromatic rings. The van der Waals surface area contributed by atoms with Crippen molar-refractivity contribution in [1.82, 2.24) is 4.98 Å². The Hall–Kier alpha value is -3.54. The largest absolute Gasteiger partial charge is 0.497 e. The van der Waals surface area contributed by atoms with Crippen LogP contribution in [0, 0.1) is 6.92 Å². The molecule has 0 saturated carbocycles. The highest BCUT2D eigenvalue weighted by Gasteiger charge is 2.08. The number of anilines is 3. The van der Waals surface area contributed by atoms with E-state index in [0.29, 0.717) is 18.0 Å². The molecule has 0 aliphatic heterocycles. The van der Waals surface area contributed by atoms with Gasteiger partial charge in [-0.05, 0) is 36.8 Å². The third-order valence-corrected chi connectivity index (χ3v) is 4.20. The number of carbonyl (C=O) groups excluding carboxylic acids is 1. The summed E-state index contributed by atoms with van der Waals surface area (Å²) in [7, 11) is 3.22. The third-order valence-electron chi connectivity index (χ3n) is 4.20. The van der Waals surface area contributed by atoms with Crippen LogP contribution in [0.4, 0.5) is 17.2 Å². The van der Waals surface area contributed by atoms with Gasteiger partial charge in [0.15, 0.2) is 0 Å². The molecule has 144 valence electrons. The molecule has 3 rings (SSSR count). The molecule has 6 heteroatoms. The Kier molecular flexibility index (Phi) is 6.11. The van der Waals surface area contributed by atoms with Gasteiger partial charge < -0.3 is 20.1 Å². The van der Waals surface area contributed by atoms with Crippen molar-refractivity contribution in [2.75, 3.05) is 24.9 Å². The first-order chi connectivity index (χ1) is 13.6. The van der Waals surface area contributed by atoms with Crippen LogP contribution in [0.5, 0.6) is 11.5 Å². The molecule has 0 aliphatic rings. The van der Waals surface area contributed by atoms with Gasteiger partial charge in [-0.1, -0.05) is 29.8 Å². The molecule has 1 aromatic heterocycles. The molecule has 2 N–H and O–H groups in total. The van der Waals surface area contributed by atoms with Gasteiger partial charge in [0.25, 0.3) is 0 Å². The van der Waals surface area contributed by atoms with E-state index in [1.807, 2.05) is 55.5 Å². The standard InChI is InChI=1S/C22H23N3O3/c1-15-4-6-16(7-5-15)12-22(26)25-21-11-8-17(14-23-21)24-19-13-18(27-2)9-10-20(19)28-3/h4-11,13-14,24H,12H2,1-3H3,(H,23,25,26). The molecule has 0 spiro atoms. The fourth-order valence-corrected chi connectivity index (χ4v) is 2.69. The topological polar surface area (TPSA) is 72.5 Å². The van der Waals surface area contributed by atoms with Crippen molar-refractivity contribution in [2.45, 2.75) is 13.3 Å². The molecule has 0 radical (unpaired) electrons. The summed E-state index contributed by atoms with van der Waals surface area (Å²) in [6, 6.07) is 17.0. The molecule has 1 heterocycles. The Morgan fingerprint density at radius 2 is 1.79 bits per heavy atom. The molecule has 0 bridgehead atoms. The predicted octanol–water partition coefficient (Wildman–Crippen LogP) is 4.33. The molecule has 0 unspecified atom stereocenters. The van der Waals surface area contributed by atoms with Gasteiger partial charge in [-0.15, -0.1) is 0 Å². The summed E-state index contributed by atoms with van der Waals surface area (Å²) < 4.78 is 10.6. The highest BCUT2D eigenvalue weighted by atomic mass is 16.5. The van der Waals surface area contributed by atoms with Gasteiger partial charge in [-0.3, -0.25) is 4.79 Å². The minimum absolute atomic E-state index is 0.105. The number of hydrogen-bond donors (Lipinski definition) is 2. The van der Waals surface area contributed by atoms with Gasteiger partial charge in [0.05, 0.1) is 38.2 Å². The summed E-state index contributed by atoms with van der Waals surface area (Å²) in [5, 5.41) is 6.06. The second kappa shape index (κ2) is 8.90. The normalized spacial score (nSPS) is 10.2. The van der Waals surface area contributed by atoms with Gasteiger partial charge in [0.1, 0.15) is 17.3 Å². The van der Waals surface area contributed by atoms with E-state index in [1.54, 1.807) is 26.5 Å². The molecule has 2 aromatic carbocycles. The minimum Gasteiger partial charge on any atom is -0.497 e. The van der Waals surface area contributed by atoms with E-state index in [9.17, 15) is 4.79 Å². The highest BCUT2D eigenvalue weighted by molar-refractivity contribution is 5.91. The van der Waals surface area contributed by atoms with E-state index in [0.717, 1.165) is 22.7 Å². The molecule has 0 fully saturated rings. The number of nitrogens with one attached hydrogen (secondary N) is 2. The molecule has 1 amide bonds. The van der Waals surface area contributed by atoms with Crippen molar-refractivity contribution in [3.05, 3.63) is 71.9 Å². The summed E-state index contributed by atoms with van der Waals surface area (Å²) >= 11 is 0. The lowest BCUT2D eigenvalue weighted by molar-refractivity contribution is -0.115. The molecule has 0 saturated heterocycles. The summed E-state index contributed by atoms with van der Waals surface area (Å²) in [6.45, 7) is 2.02. The van der Waals surface area contributed by atoms with E-state index in [4.69, 9.17) is 9.47 Å². The molecule has 0 atom stereocenters. The lowest BCUT2D eigenvalue weighted by Crippen LogP contribution is -2.15. The first-order valence-electron chi connectivity index (χ1n) is 8.88. The monoisotopic (exact) mass is 377 g/mol. The van der Waals surface area contributed by atoms with Crippen molar-refractivity contribution in [3.8, 4) is 11.5 Å². The molecular weight excluding hydrogens is 354 g/mol. The number of ether oxygens (including phenoxy) is 2. The van der Waals surface area contributed by atoms with Crippen LogP contribution in [0.15, 0.2) is 60.8 Å². The second-order valence-corrected chi connectivity index (χ2v) is 6.33. The van der Waals surface area contributed by atoms with Crippen molar-refractivity contribution >= 4 is 23.1 Å². The summed E-state index contributed by atoms with van der Waals surface area (Å²) in [5.41, 5.74) is 3.66. The maximum absolute atomic E-state index is 12.2. The number of carbonyl (C=O) groups is 1. The van der Waals surface area contributed by atoms with Crippen molar-refractivity contribution in [1.29, 1.82) is 0 Å². The van der Waals surface area contributed by atoms with Gasteiger partial charge >= 0.3 is 0 Å². The van der Waals surface area contributed by atoms with Gasteiger partial charge in [0, 0.05) is 6.07 Å². The van der Waals surface area contributed by atoms with Crippen LogP contribution in [0.3, 0.4) is 0 Å². The zero-order valence-corrected chi connectivity index (χ0v) is 16.2. The van der Waals surface area contributed by atoms with Crippen LogP contribution in [0.1, 0.15) is 11.1 Å². The number of pyridine rings is 1. The van der Waals surface area contributed by atoms with Crippen LogP contribution in [0.25, 0.3) is 0 Å². The highest BCUT2D eigenvalue weighted by Crippen LogP contribution is 2.31. The number of hydrogen-bond acceptors (Lipinski definition) is 5. The molecule has 28 heavy (non-hydrogen) atoms. The number of nitrogens with zero attached hydrogens (tertiary/aromatic N) is 1. The lowest BCUT2D eigenvalue weighted by atomic mass is 10.1. The van der Waals surface area contributed by atoms with Crippen molar-refractivity contribution in [2.24, 2.45) is 0 Å². The van der Waals surface area contributed by atoms with Gasteiger partial charge in [-0.2, -0.15) is 0 Å². The average molecular weight is 377 g/mol. The number of rotatable bonds is 7. The number of amides is 1. The zero-order valence-electron chi connectivity index (χ0n) is 16.2. The summed E-state index contributed by atoms with van der Waals surface area (Å²) in [5.74, 6) is 1.80. The quantitative estimate of drug-likeness (QED) is 0.641. The Morgan fingerprint density at radius 1 is 1.00 bits per heavy atom. The molecule has 0 aliphatic carbocycles. The number of aryl methyl sites for hydroxylation is 1. The third kappa shape index (κ3) is 5.01. The Morgan fingerprint density at radius 3 is 2.43 bits per heavy atom. The minimum atomic E-state index is -0.105.